The summed E-state index contributed by atoms with van der Waals surface area (Å²) in [5.41, 5.74) is 7.15. The van der Waals surface area contributed by atoms with Crippen LogP contribution in [0, 0.1) is 0 Å². The highest BCUT2D eigenvalue weighted by Crippen LogP contribution is 2.30. The van der Waals surface area contributed by atoms with Gasteiger partial charge in [0, 0.05) is 23.8 Å². The zero-order valence-electron chi connectivity index (χ0n) is 11.1. The van der Waals surface area contributed by atoms with Gasteiger partial charge in [0.2, 0.25) is 0 Å². The van der Waals surface area contributed by atoms with Crippen molar-refractivity contribution in [3.8, 4) is 0 Å². The minimum Gasteiger partial charge on any atom is -0.398 e. The maximum absolute atomic E-state index is 10.9. The third kappa shape index (κ3) is 3.12. The van der Waals surface area contributed by atoms with Gasteiger partial charge in [-0.05, 0) is 17.0 Å². The minimum absolute atomic E-state index is 0.0848. The molecule has 2 rings (SSSR count). The first-order chi connectivity index (χ1) is 9.50. The molecule has 0 fully saturated rings. The average molecular weight is 291 g/mol. The van der Waals surface area contributed by atoms with Crippen molar-refractivity contribution < 1.29 is 15.0 Å². The lowest BCUT2D eigenvalue weighted by atomic mass is 9.97. The van der Waals surface area contributed by atoms with Gasteiger partial charge in [-0.2, -0.15) is 0 Å². The lowest BCUT2D eigenvalue weighted by molar-refractivity contribution is -0.109. The number of hydrogen-bond donors (Lipinski definition) is 3. The molecule has 4 nitrogen and oxygen atoms in total. The van der Waals surface area contributed by atoms with Crippen LogP contribution < -0.4 is 5.73 Å². The number of fused-ring (bicyclic) bond motifs is 1. The number of aliphatic hydroxyl groups is 2. The molecule has 0 aliphatic rings. The van der Waals surface area contributed by atoms with Gasteiger partial charge in [0.05, 0.1) is 6.10 Å². The molecular formula is C15H17NO3S. The normalized spacial score (nSPS) is 14.2. The topological polar surface area (TPSA) is 83.5 Å². The molecule has 0 saturated heterocycles. The molecule has 2 aromatic carbocycles. The molecule has 5 heteroatoms. The lowest BCUT2D eigenvalue weighted by Gasteiger charge is -2.19. The van der Waals surface area contributed by atoms with Gasteiger partial charge in [0.25, 0.3) is 0 Å². The van der Waals surface area contributed by atoms with Crippen LogP contribution in [0.15, 0.2) is 36.4 Å². The predicted molar refractivity (Wildman–Crippen MR) is 82.5 cm³/mol. The lowest BCUT2D eigenvalue weighted by Crippen LogP contribution is -2.21. The first-order valence-electron chi connectivity index (χ1n) is 6.27. The van der Waals surface area contributed by atoms with Crippen LogP contribution in [0.1, 0.15) is 18.6 Å². The Hall–Kier alpha value is -1.56. The van der Waals surface area contributed by atoms with Gasteiger partial charge in [-0.25, -0.2) is 0 Å². The molecule has 0 aliphatic heterocycles. The largest absolute Gasteiger partial charge is 0.398 e. The maximum Gasteiger partial charge on any atom is 0.185 e. The number of benzene rings is 2. The summed E-state index contributed by atoms with van der Waals surface area (Å²) in [6.07, 6.45) is -2.05. The highest BCUT2D eigenvalue weighted by Gasteiger charge is 2.21. The summed E-state index contributed by atoms with van der Waals surface area (Å²) in [4.78, 5) is 10.9. The molecule has 0 heterocycles. The number of carbonyl (C=O) groups is 1. The molecule has 20 heavy (non-hydrogen) atoms. The molecule has 0 amide bonds. The van der Waals surface area contributed by atoms with Gasteiger partial charge in [0.15, 0.2) is 5.12 Å². The van der Waals surface area contributed by atoms with Gasteiger partial charge in [-0.15, -0.1) is 0 Å². The van der Waals surface area contributed by atoms with E-state index in [-0.39, 0.29) is 10.9 Å². The Morgan fingerprint density at radius 2 is 1.85 bits per heavy atom. The fraction of sp³-hybridized carbons (Fsp3) is 0.267. The molecule has 2 unspecified atom stereocenters. The number of nitrogen functional groups attached to an aromatic ring is 1. The summed E-state index contributed by atoms with van der Waals surface area (Å²) >= 11 is 0.997. The number of nitrogens with two attached hydrogens (primary N) is 1. The Balaban J connectivity index is 2.32. The molecule has 0 aliphatic carbocycles. The zero-order chi connectivity index (χ0) is 14.7. The van der Waals surface area contributed by atoms with E-state index in [2.05, 4.69) is 0 Å². The predicted octanol–water partition coefficient (Wildman–Crippen LogP) is 2.10. The Morgan fingerprint density at radius 3 is 2.55 bits per heavy atom. The van der Waals surface area contributed by atoms with E-state index in [0.717, 1.165) is 22.5 Å². The van der Waals surface area contributed by atoms with Gasteiger partial charge >= 0.3 is 0 Å². The van der Waals surface area contributed by atoms with Crippen LogP contribution in [0.5, 0.6) is 0 Å². The van der Waals surface area contributed by atoms with E-state index in [0.29, 0.717) is 11.3 Å². The fourth-order valence-corrected chi connectivity index (χ4v) is 2.71. The monoisotopic (exact) mass is 291 g/mol. The van der Waals surface area contributed by atoms with Crippen LogP contribution >= 0.6 is 11.8 Å². The van der Waals surface area contributed by atoms with Crippen LogP contribution in [0.2, 0.25) is 0 Å². The van der Waals surface area contributed by atoms with Crippen molar-refractivity contribution >= 4 is 33.3 Å². The standard InChI is InChI=1S/C15H17NO3S/c1-9(17)20-8-14(18)15(19)12-6-2-5-11-10(12)4-3-7-13(11)16/h2-7,14-15,18-19H,8,16H2,1H3. The summed E-state index contributed by atoms with van der Waals surface area (Å²) in [5, 5.41) is 21.8. The second-order valence-electron chi connectivity index (χ2n) is 4.60. The van der Waals surface area contributed by atoms with Crippen molar-refractivity contribution in [2.24, 2.45) is 0 Å². The van der Waals surface area contributed by atoms with Crippen molar-refractivity contribution in [1.29, 1.82) is 0 Å². The second-order valence-corrected chi connectivity index (χ2v) is 5.80. The second kappa shape index (κ2) is 6.26. The summed E-state index contributed by atoms with van der Waals surface area (Å²) in [7, 11) is 0. The van der Waals surface area contributed by atoms with Crippen molar-refractivity contribution in [3.05, 3.63) is 42.0 Å². The van der Waals surface area contributed by atoms with E-state index in [1.807, 2.05) is 18.2 Å². The molecule has 0 spiro atoms. The summed E-state index contributed by atoms with van der Waals surface area (Å²) in [5.74, 6) is 0.162. The van der Waals surface area contributed by atoms with Crippen LogP contribution in [0.25, 0.3) is 10.8 Å². The summed E-state index contributed by atoms with van der Waals surface area (Å²) in [6, 6.07) is 10.9. The third-order valence-corrected chi connectivity index (χ3v) is 4.04. The molecule has 0 aromatic heterocycles. The fourth-order valence-electron chi connectivity index (χ4n) is 2.12. The Morgan fingerprint density at radius 1 is 1.20 bits per heavy atom. The number of carbonyl (C=O) groups excluding carboxylic acids is 1. The molecule has 2 aromatic rings. The highest BCUT2D eigenvalue weighted by molar-refractivity contribution is 8.13. The van der Waals surface area contributed by atoms with E-state index in [1.54, 1.807) is 18.2 Å². The molecular weight excluding hydrogens is 274 g/mol. The first kappa shape index (κ1) is 14.8. The van der Waals surface area contributed by atoms with Gasteiger partial charge in [0.1, 0.15) is 6.10 Å². The average Bonchev–Trinajstić information content (AvgIpc) is 2.44. The number of hydrogen-bond acceptors (Lipinski definition) is 5. The quantitative estimate of drug-likeness (QED) is 0.751. The Bertz CT molecular complexity index is 630. The maximum atomic E-state index is 10.9. The zero-order valence-corrected chi connectivity index (χ0v) is 11.9. The van der Waals surface area contributed by atoms with Crippen LogP contribution in [0.3, 0.4) is 0 Å². The Labute approximate surface area is 121 Å². The molecule has 0 bridgehead atoms. The highest BCUT2D eigenvalue weighted by atomic mass is 32.2. The molecule has 0 radical (unpaired) electrons. The summed E-state index contributed by atoms with van der Waals surface area (Å²) in [6.45, 7) is 1.43. The minimum atomic E-state index is -1.05. The van der Waals surface area contributed by atoms with Gasteiger partial charge in [-0.1, -0.05) is 42.1 Å². The SMILES string of the molecule is CC(=O)SCC(O)C(O)c1cccc2c(N)cccc12. The molecule has 2 atom stereocenters. The molecule has 0 saturated carbocycles. The van der Waals surface area contributed by atoms with Crippen molar-refractivity contribution in [3.63, 3.8) is 0 Å². The number of aliphatic hydroxyl groups excluding tert-OH is 2. The summed E-state index contributed by atoms with van der Waals surface area (Å²) < 4.78 is 0. The van der Waals surface area contributed by atoms with E-state index in [1.165, 1.54) is 6.92 Å². The van der Waals surface area contributed by atoms with Crippen LogP contribution in [-0.2, 0) is 4.79 Å². The smallest absolute Gasteiger partial charge is 0.185 e. The van der Waals surface area contributed by atoms with Gasteiger partial charge < -0.3 is 15.9 Å². The van der Waals surface area contributed by atoms with Gasteiger partial charge in [-0.3, -0.25) is 4.79 Å². The van der Waals surface area contributed by atoms with E-state index >= 15 is 0 Å². The van der Waals surface area contributed by atoms with Crippen molar-refractivity contribution in [2.45, 2.75) is 19.1 Å². The molecule has 4 N–H and O–H groups in total. The first-order valence-corrected chi connectivity index (χ1v) is 7.26. The van der Waals surface area contributed by atoms with Crippen LogP contribution in [-0.4, -0.2) is 27.2 Å². The number of thioether (sulfide) groups is 1. The van der Waals surface area contributed by atoms with Crippen LogP contribution in [0.4, 0.5) is 5.69 Å². The number of anilines is 1. The number of rotatable bonds is 4. The van der Waals surface area contributed by atoms with E-state index in [4.69, 9.17) is 5.73 Å². The van der Waals surface area contributed by atoms with Crippen molar-refractivity contribution in [1.82, 2.24) is 0 Å². The third-order valence-electron chi connectivity index (χ3n) is 3.13. The molecule has 106 valence electrons. The Kier molecular flexibility index (Phi) is 4.65. The van der Waals surface area contributed by atoms with E-state index in [9.17, 15) is 15.0 Å². The van der Waals surface area contributed by atoms with Crippen molar-refractivity contribution in [2.75, 3.05) is 11.5 Å². The van der Waals surface area contributed by atoms with E-state index < -0.39 is 12.2 Å².